The van der Waals surface area contributed by atoms with Crippen LogP contribution < -0.4 is 11.1 Å². The third-order valence-corrected chi connectivity index (χ3v) is 2.12. The molecule has 0 spiro atoms. The highest BCUT2D eigenvalue weighted by Crippen LogP contribution is 2.10. The molecule has 17 heavy (non-hydrogen) atoms. The summed E-state index contributed by atoms with van der Waals surface area (Å²) in [5, 5.41) is 2.90. The maximum atomic E-state index is 13.2. The number of guanidine groups is 1. The normalized spacial score (nSPS) is 11.9. The lowest BCUT2D eigenvalue weighted by molar-refractivity contribution is 0.585. The highest BCUT2D eigenvalue weighted by atomic mass is 19.1. The van der Waals surface area contributed by atoms with Crippen LogP contribution in [0.2, 0.25) is 0 Å². The maximum Gasteiger partial charge on any atom is 0.188 e. The first-order valence-electron chi connectivity index (χ1n) is 5.46. The minimum Gasteiger partial charge on any atom is -0.370 e. The number of nitrogens with one attached hydrogen (secondary N) is 1. The highest BCUT2D eigenvalue weighted by molar-refractivity contribution is 5.77. The van der Waals surface area contributed by atoms with Crippen molar-refractivity contribution >= 4 is 5.96 Å². The van der Waals surface area contributed by atoms with Gasteiger partial charge in [0.1, 0.15) is 11.6 Å². The van der Waals surface area contributed by atoms with Crippen molar-refractivity contribution in [1.82, 2.24) is 5.32 Å². The summed E-state index contributed by atoms with van der Waals surface area (Å²) in [7, 11) is 0. The second-order valence-electron chi connectivity index (χ2n) is 4.21. The lowest BCUT2D eigenvalue weighted by Gasteiger charge is -2.08. The van der Waals surface area contributed by atoms with E-state index in [2.05, 4.69) is 10.3 Å². The van der Waals surface area contributed by atoms with Gasteiger partial charge in [-0.15, -0.1) is 0 Å². The Bertz CT molecular complexity index is 403. The number of rotatable bonds is 4. The van der Waals surface area contributed by atoms with Crippen LogP contribution in [0.25, 0.3) is 0 Å². The van der Waals surface area contributed by atoms with Gasteiger partial charge in [0.15, 0.2) is 5.96 Å². The Morgan fingerprint density at radius 1 is 1.41 bits per heavy atom. The number of hydrogen-bond donors (Lipinski definition) is 2. The smallest absolute Gasteiger partial charge is 0.188 e. The molecule has 1 rings (SSSR count). The SMILES string of the molecule is CC(C)CNC(N)=NCc1cc(F)ccc1F. The summed E-state index contributed by atoms with van der Waals surface area (Å²) in [6, 6.07) is 3.27. The fourth-order valence-corrected chi connectivity index (χ4v) is 1.20. The van der Waals surface area contributed by atoms with Crippen molar-refractivity contribution in [1.29, 1.82) is 0 Å². The average Bonchev–Trinajstić information content (AvgIpc) is 2.27. The van der Waals surface area contributed by atoms with Gasteiger partial charge >= 0.3 is 0 Å². The predicted octanol–water partition coefficient (Wildman–Crippen LogP) is 2.03. The quantitative estimate of drug-likeness (QED) is 0.626. The molecule has 0 saturated heterocycles. The van der Waals surface area contributed by atoms with Crippen LogP contribution in [-0.2, 0) is 6.54 Å². The largest absolute Gasteiger partial charge is 0.370 e. The summed E-state index contributed by atoms with van der Waals surface area (Å²) >= 11 is 0. The van der Waals surface area contributed by atoms with Crippen LogP contribution in [0.4, 0.5) is 8.78 Å². The van der Waals surface area contributed by atoms with E-state index in [1.807, 2.05) is 13.8 Å². The van der Waals surface area contributed by atoms with Crippen molar-refractivity contribution in [2.45, 2.75) is 20.4 Å². The van der Waals surface area contributed by atoms with Gasteiger partial charge in [-0.2, -0.15) is 0 Å². The van der Waals surface area contributed by atoms with E-state index in [1.54, 1.807) is 0 Å². The van der Waals surface area contributed by atoms with E-state index >= 15 is 0 Å². The van der Waals surface area contributed by atoms with Crippen LogP contribution in [0.15, 0.2) is 23.2 Å². The van der Waals surface area contributed by atoms with Crippen LogP contribution in [0, 0.1) is 17.6 Å². The molecule has 94 valence electrons. The first-order valence-corrected chi connectivity index (χ1v) is 5.46. The summed E-state index contributed by atoms with van der Waals surface area (Å²) in [4.78, 5) is 3.94. The molecule has 0 unspecified atom stereocenters. The fourth-order valence-electron chi connectivity index (χ4n) is 1.20. The Labute approximate surface area is 99.7 Å². The monoisotopic (exact) mass is 241 g/mol. The maximum absolute atomic E-state index is 13.2. The Morgan fingerprint density at radius 3 is 2.76 bits per heavy atom. The molecule has 0 amide bonds. The van der Waals surface area contributed by atoms with Gasteiger partial charge in [-0.3, -0.25) is 0 Å². The molecular formula is C12H17F2N3. The number of halogens is 2. The van der Waals surface area contributed by atoms with Crippen molar-refractivity contribution in [2.24, 2.45) is 16.6 Å². The summed E-state index contributed by atoms with van der Waals surface area (Å²) < 4.78 is 26.1. The van der Waals surface area contributed by atoms with E-state index in [0.717, 1.165) is 18.2 Å². The Balaban J connectivity index is 2.59. The van der Waals surface area contributed by atoms with Crippen LogP contribution >= 0.6 is 0 Å². The van der Waals surface area contributed by atoms with Crippen molar-refractivity contribution in [3.63, 3.8) is 0 Å². The van der Waals surface area contributed by atoms with Gasteiger partial charge in [-0.25, -0.2) is 13.8 Å². The average molecular weight is 241 g/mol. The Morgan fingerprint density at radius 2 is 2.12 bits per heavy atom. The second-order valence-corrected chi connectivity index (χ2v) is 4.21. The van der Waals surface area contributed by atoms with Gasteiger partial charge in [-0.1, -0.05) is 13.8 Å². The molecule has 3 N–H and O–H groups in total. The lowest BCUT2D eigenvalue weighted by Crippen LogP contribution is -2.34. The molecule has 0 saturated carbocycles. The summed E-state index contributed by atoms with van der Waals surface area (Å²) in [6.07, 6.45) is 0. The van der Waals surface area contributed by atoms with Crippen molar-refractivity contribution in [2.75, 3.05) is 6.54 Å². The highest BCUT2D eigenvalue weighted by Gasteiger charge is 2.03. The summed E-state index contributed by atoms with van der Waals surface area (Å²) in [5.74, 6) is -0.283. The molecule has 0 bridgehead atoms. The molecular weight excluding hydrogens is 224 g/mol. The van der Waals surface area contributed by atoms with E-state index in [-0.39, 0.29) is 18.1 Å². The molecule has 0 fully saturated rings. The number of nitrogens with two attached hydrogens (primary N) is 1. The third-order valence-electron chi connectivity index (χ3n) is 2.12. The molecule has 0 aliphatic rings. The van der Waals surface area contributed by atoms with Crippen molar-refractivity contribution < 1.29 is 8.78 Å². The second kappa shape index (κ2) is 6.18. The first kappa shape index (κ1) is 13.4. The van der Waals surface area contributed by atoms with E-state index in [0.29, 0.717) is 12.5 Å². The van der Waals surface area contributed by atoms with Gasteiger partial charge < -0.3 is 11.1 Å². The van der Waals surface area contributed by atoms with Gasteiger partial charge in [-0.05, 0) is 24.1 Å². The summed E-state index contributed by atoms with van der Waals surface area (Å²) in [6.45, 7) is 4.79. The molecule has 5 heteroatoms. The standard InChI is InChI=1S/C12H17F2N3/c1-8(2)6-16-12(15)17-7-9-5-10(13)3-4-11(9)14/h3-5,8H,6-7H2,1-2H3,(H3,15,16,17). The first-order chi connectivity index (χ1) is 7.99. The zero-order valence-electron chi connectivity index (χ0n) is 10.0. The Hall–Kier alpha value is -1.65. The van der Waals surface area contributed by atoms with E-state index in [4.69, 9.17) is 5.73 Å². The van der Waals surface area contributed by atoms with Crippen molar-refractivity contribution in [3.05, 3.63) is 35.4 Å². The van der Waals surface area contributed by atoms with Gasteiger partial charge in [0.05, 0.1) is 6.54 Å². The molecule has 3 nitrogen and oxygen atoms in total. The molecule has 0 heterocycles. The Kier molecular flexibility index (Phi) is 4.87. The van der Waals surface area contributed by atoms with Crippen LogP contribution in [-0.4, -0.2) is 12.5 Å². The zero-order chi connectivity index (χ0) is 12.8. The summed E-state index contributed by atoms with van der Waals surface area (Å²) in [5.41, 5.74) is 5.77. The van der Waals surface area contributed by atoms with Gasteiger partial charge in [0.2, 0.25) is 0 Å². The molecule has 0 aliphatic carbocycles. The zero-order valence-corrected chi connectivity index (χ0v) is 10.0. The molecule has 1 aromatic rings. The number of benzene rings is 1. The van der Waals surface area contributed by atoms with E-state index in [1.165, 1.54) is 0 Å². The molecule has 0 aromatic heterocycles. The lowest BCUT2D eigenvalue weighted by atomic mass is 10.2. The minimum atomic E-state index is -0.481. The molecule has 1 aromatic carbocycles. The van der Waals surface area contributed by atoms with E-state index < -0.39 is 11.6 Å². The van der Waals surface area contributed by atoms with Crippen LogP contribution in [0.1, 0.15) is 19.4 Å². The third kappa shape index (κ3) is 4.80. The number of nitrogens with zero attached hydrogens (tertiary/aromatic N) is 1. The molecule has 0 atom stereocenters. The fraction of sp³-hybridized carbons (Fsp3) is 0.417. The van der Waals surface area contributed by atoms with Gasteiger partial charge in [0, 0.05) is 12.1 Å². The minimum absolute atomic E-state index is 0.0283. The number of hydrogen-bond acceptors (Lipinski definition) is 1. The topological polar surface area (TPSA) is 50.4 Å². The van der Waals surface area contributed by atoms with E-state index in [9.17, 15) is 8.78 Å². The molecule has 0 aliphatic heterocycles. The number of aliphatic imine (C=N–C) groups is 1. The molecule has 0 radical (unpaired) electrons. The van der Waals surface area contributed by atoms with Crippen LogP contribution in [0.5, 0.6) is 0 Å². The van der Waals surface area contributed by atoms with Crippen molar-refractivity contribution in [3.8, 4) is 0 Å². The predicted molar refractivity (Wildman–Crippen MR) is 64.5 cm³/mol. The van der Waals surface area contributed by atoms with Gasteiger partial charge in [0.25, 0.3) is 0 Å². The van der Waals surface area contributed by atoms with Crippen LogP contribution in [0.3, 0.4) is 0 Å².